The van der Waals surface area contributed by atoms with Crippen molar-refractivity contribution in [2.75, 3.05) is 5.32 Å². The van der Waals surface area contributed by atoms with Gasteiger partial charge in [-0.25, -0.2) is 4.68 Å². The number of benzene rings is 2. The number of carbonyl (C=O) groups is 1. The molecular weight excluding hydrogens is 416 g/mol. The van der Waals surface area contributed by atoms with Crippen molar-refractivity contribution in [3.05, 3.63) is 81.5 Å². The lowest BCUT2D eigenvalue weighted by molar-refractivity contribution is -0.116. The van der Waals surface area contributed by atoms with E-state index in [2.05, 4.69) is 30.4 Å². The maximum Gasteiger partial charge on any atom is 0.227 e. The highest BCUT2D eigenvalue weighted by Gasteiger charge is 2.36. The second-order valence-electron chi connectivity index (χ2n) is 7.63. The zero-order valence-corrected chi connectivity index (χ0v) is 18.1. The molecule has 0 saturated carbocycles. The van der Waals surface area contributed by atoms with Crippen molar-refractivity contribution in [3.63, 3.8) is 0 Å². The molecule has 0 saturated heterocycles. The average molecular weight is 437 g/mol. The van der Waals surface area contributed by atoms with Gasteiger partial charge in [-0.2, -0.15) is 4.98 Å². The van der Waals surface area contributed by atoms with Gasteiger partial charge in [0.15, 0.2) is 5.78 Å². The summed E-state index contributed by atoms with van der Waals surface area (Å²) >= 11 is 7.71. The highest BCUT2D eigenvalue weighted by atomic mass is 35.5. The number of hydrogen-bond donors (Lipinski definition) is 1. The van der Waals surface area contributed by atoms with Crippen molar-refractivity contribution in [2.24, 2.45) is 0 Å². The number of nitrogens with zero attached hydrogens (tertiary/aromatic N) is 3. The standard InChI is InChI=1S/C23H21ClN4OS/c1-14-5-2-3-6-16(14)13-30-23-26-22-25-18-7-4-8-19(29)20(18)21(28(22)27-23)15-9-11-17(24)12-10-15/h2-3,5-6,9-12,21H,4,7-8,13H2,1H3,(H,25,26,27). The highest BCUT2D eigenvalue weighted by Crippen LogP contribution is 2.41. The summed E-state index contributed by atoms with van der Waals surface area (Å²) in [6.07, 6.45) is 2.29. The van der Waals surface area contributed by atoms with Crippen LogP contribution in [-0.4, -0.2) is 20.5 Å². The lowest BCUT2D eigenvalue weighted by Crippen LogP contribution is -2.31. The van der Waals surface area contributed by atoms with Crippen molar-refractivity contribution in [1.29, 1.82) is 0 Å². The molecule has 152 valence electrons. The van der Waals surface area contributed by atoms with Gasteiger partial charge in [-0.15, -0.1) is 5.10 Å². The maximum atomic E-state index is 12.9. The number of nitrogens with one attached hydrogen (secondary N) is 1. The number of anilines is 1. The van der Waals surface area contributed by atoms with Gasteiger partial charge in [-0.3, -0.25) is 4.79 Å². The molecule has 0 amide bonds. The first-order chi connectivity index (χ1) is 14.6. The van der Waals surface area contributed by atoms with E-state index in [-0.39, 0.29) is 11.8 Å². The number of carbonyl (C=O) groups excluding carboxylic acids is 1. The third-order valence-corrected chi connectivity index (χ3v) is 6.79. The number of ketones is 1. The van der Waals surface area contributed by atoms with Gasteiger partial charge in [0.2, 0.25) is 11.1 Å². The number of halogens is 1. The van der Waals surface area contributed by atoms with Crippen molar-refractivity contribution >= 4 is 35.1 Å². The molecule has 3 aromatic rings. The smallest absolute Gasteiger partial charge is 0.227 e. The summed E-state index contributed by atoms with van der Waals surface area (Å²) in [5.41, 5.74) is 5.29. The molecule has 7 heteroatoms. The van der Waals surface area contributed by atoms with Crippen molar-refractivity contribution < 1.29 is 4.79 Å². The summed E-state index contributed by atoms with van der Waals surface area (Å²) in [4.78, 5) is 17.6. The summed E-state index contributed by atoms with van der Waals surface area (Å²) in [7, 11) is 0. The van der Waals surface area contributed by atoms with Crippen LogP contribution in [0.4, 0.5) is 5.95 Å². The van der Waals surface area contributed by atoms with Crippen LogP contribution in [0.3, 0.4) is 0 Å². The molecule has 2 aliphatic rings. The molecule has 1 aliphatic carbocycles. The maximum absolute atomic E-state index is 12.9. The molecule has 1 N–H and O–H groups in total. The highest BCUT2D eigenvalue weighted by molar-refractivity contribution is 7.98. The number of rotatable bonds is 4. The number of aryl methyl sites for hydroxylation is 1. The lowest BCUT2D eigenvalue weighted by Gasteiger charge is -2.32. The van der Waals surface area contributed by atoms with Gasteiger partial charge in [0, 0.05) is 28.5 Å². The molecule has 1 atom stereocenters. The minimum atomic E-state index is -0.276. The summed E-state index contributed by atoms with van der Waals surface area (Å²) in [5, 5.41) is 9.54. The number of allylic oxidation sites excluding steroid dienone is 2. The Balaban J connectivity index is 1.51. The van der Waals surface area contributed by atoms with E-state index in [0.717, 1.165) is 35.4 Å². The van der Waals surface area contributed by atoms with E-state index in [0.29, 0.717) is 22.5 Å². The van der Waals surface area contributed by atoms with Crippen molar-refractivity contribution in [1.82, 2.24) is 14.8 Å². The molecule has 2 heterocycles. The Morgan fingerprint density at radius 1 is 1.17 bits per heavy atom. The van der Waals surface area contributed by atoms with E-state index in [9.17, 15) is 4.79 Å². The zero-order chi connectivity index (χ0) is 20.7. The summed E-state index contributed by atoms with van der Waals surface area (Å²) in [6.45, 7) is 2.11. The first kappa shape index (κ1) is 19.4. The summed E-state index contributed by atoms with van der Waals surface area (Å²) in [6, 6.07) is 15.7. The molecule has 2 aromatic carbocycles. The Morgan fingerprint density at radius 3 is 2.77 bits per heavy atom. The Labute approximate surface area is 184 Å². The molecule has 0 bridgehead atoms. The predicted molar refractivity (Wildman–Crippen MR) is 120 cm³/mol. The minimum absolute atomic E-state index is 0.180. The average Bonchev–Trinajstić information content (AvgIpc) is 3.15. The van der Waals surface area contributed by atoms with Gasteiger partial charge in [0.05, 0.1) is 0 Å². The number of hydrogen-bond acceptors (Lipinski definition) is 5. The molecule has 1 aromatic heterocycles. The van der Waals surface area contributed by atoms with E-state index in [1.165, 1.54) is 11.1 Å². The fourth-order valence-electron chi connectivity index (χ4n) is 4.07. The van der Waals surface area contributed by atoms with E-state index >= 15 is 0 Å². The topological polar surface area (TPSA) is 59.8 Å². The normalized spacial score (nSPS) is 18.1. The van der Waals surface area contributed by atoms with Crippen LogP contribution in [0.1, 0.15) is 42.0 Å². The zero-order valence-electron chi connectivity index (χ0n) is 16.6. The van der Waals surface area contributed by atoms with Gasteiger partial charge >= 0.3 is 0 Å². The molecular formula is C23H21ClN4OS. The van der Waals surface area contributed by atoms with Gasteiger partial charge < -0.3 is 5.32 Å². The Hall–Kier alpha value is -2.57. The third kappa shape index (κ3) is 3.55. The molecule has 0 spiro atoms. The van der Waals surface area contributed by atoms with E-state index in [4.69, 9.17) is 21.7 Å². The first-order valence-electron chi connectivity index (χ1n) is 10.0. The lowest BCUT2D eigenvalue weighted by atomic mass is 9.85. The largest absolute Gasteiger partial charge is 0.328 e. The first-order valence-corrected chi connectivity index (χ1v) is 11.4. The number of fused-ring (bicyclic) bond motifs is 1. The predicted octanol–water partition coefficient (Wildman–Crippen LogP) is 5.55. The van der Waals surface area contributed by atoms with Crippen LogP contribution in [0.25, 0.3) is 0 Å². The van der Waals surface area contributed by atoms with Crippen LogP contribution in [0.5, 0.6) is 0 Å². The fraction of sp³-hybridized carbons (Fsp3) is 0.261. The van der Waals surface area contributed by atoms with Gasteiger partial charge in [-0.1, -0.05) is 59.8 Å². The van der Waals surface area contributed by atoms with Gasteiger partial charge in [0.25, 0.3) is 0 Å². The van der Waals surface area contributed by atoms with Crippen LogP contribution < -0.4 is 5.32 Å². The Bertz CT molecular complexity index is 1150. The molecule has 0 radical (unpaired) electrons. The van der Waals surface area contributed by atoms with Gasteiger partial charge in [0.1, 0.15) is 6.04 Å². The second-order valence-corrected chi connectivity index (χ2v) is 9.00. The third-order valence-electron chi connectivity index (χ3n) is 5.65. The van der Waals surface area contributed by atoms with Crippen LogP contribution in [0.15, 0.2) is 65.0 Å². The second kappa shape index (κ2) is 7.93. The molecule has 5 rings (SSSR count). The molecule has 1 unspecified atom stereocenters. The molecule has 30 heavy (non-hydrogen) atoms. The van der Waals surface area contributed by atoms with Crippen molar-refractivity contribution in [3.8, 4) is 0 Å². The fourth-order valence-corrected chi connectivity index (χ4v) is 5.10. The molecule has 0 fully saturated rings. The summed E-state index contributed by atoms with van der Waals surface area (Å²) < 4.78 is 1.85. The van der Waals surface area contributed by atoms with Crippen LogP contribution in [0.2, 0.25) is 5.02 Å². The SMILES string of the molecule is Cc1ccccc1CSc1nc2n(n1)C(c1ccc(Cl)cc1)C1=C(CCCC1=O)N2. The monoisotopic (exact) mass is 436 g/mol. The molecule has 5 nitrogen and oxygen atoms in total. The van der Waals surface area contributed by atoms with E-state index < -0.39 is 0 Å². The van der Waals surface area contributed by atoms with Crippen LogP contribution in [-0.2, 0) is 10.5 Å². The quantitative estimate of drug-likeness (QED) is 0.543. The van der Waals surface area contributed by atoms with E-state index in [1.807, 2.05) is 35.0 Å². The van der Waals surface area contributed by atoms with Crippen LogP contribution >= 0.6 is 23.4 Å². The van der Waals surface area contributed by atoms with Crippen molar-refractivity contribution in [2.45, 2.75) is 43.1 Å². The number of aromatic nitrogens is 3. The Kier molecular flexibility index (Phi) is 5.13. The summed E-state index contributed by atoms with van der Waals surface area (Å²) in [5.74, 6) is 1.67. The minimum Gasteiger partial charge on any atom is -0.328 e. The number of thioether (sulfide) groups is 1. The van der Waals surface area contributed by atoms with E-state index in [1.54, 1.807) is 11.8 Å². The Morgan fingerprint density at radius 2 is 1.97 bits per heavy atom. The van der Waals surface area contributed by atoms with Gasteiger partial charge in [-0.05, 0) is 48.6 Å². The molecule has 1 aliphatic heterocycles. The number of Topliss-reactive ketones (excluding diaryl/α,β-unsaturated/α-hetero) is 1. The van der Waals surface area contributed by atoms with Crippen LogP contribution in [0, 0.1) is 6.92 Å².